The Morgan fingerprint density at radius 3 is 2.79 bits per heavy atom. The molecule has 9 heteroatoms. The lowest BCUT2D eigenvalue weighted by molar-refractivity contribution is 0.0761. The highest BCUT2D eigenvalue weighted by atomic mass is 35.5. The van der Waals surface area contributed by atoms with E-state index < -0.39 is 0 Å². The number of thiocarbonyl (C=S) groups is 1. The second-order valence-corrected chi connectivity index (χ2v) is 7.77. The van der Waals surface area contributed by atoms with E-state index in [1.165, 1.54) is 0 Å². The highest BCUT2D eigenvalue weighted by molar-refractivity contribution is 7.80. The number of halogens is 1. The topological polar surface area (TPSA) is 79.4 Å². The Kier molecular flexibility index (Phi) is 6.53. The maximum Gasteiger partial charge on any atom is 0.253 e. The summed E-state index contributed by atoms with van der Waals surface area (Å²) in [6.45, 7) is 5.82. The average Bonchev–Trinajstić information content (AvgIpc) is 2.82. The molecule has 1 saturated heterocycles. The lowest BCUT2D eigenvalue weighted by Crippen LogP contribution is -2.35. The Labute approximate surface area is 175 Å². The van der Waals surface area contributed by atoms with Crippen LogP contribution >= 0.6 is 23.8 Å². The fourth-order valence-corrected chi connectivity index (χ4v) is 3.82. The van der Waals surface area contributed by atoms with Crippen LogP contribution in [0.25, 0.3) is 0 Å². The molecule has 0 radical (unpaired) electrons. The number of anilines is 1. The summed E-state index contributed by atoms with van der Waals surface area (Å²) >= 11 is 11.2. The van der Waals surface area contributed by atoms with Gasteiger partial charge in [-0.05, 0) is 43.8 Å². The van der Waals surface area contributed by atoms with Crippen molar-refractivity contribution in [2.24, 2.45) is 12.8 Å². The highest BCUT2D eigenvalue weighted by Crippen LogP contribution is 2.21. The van der Waals surface area contributed by atoms with Crippen LogP contribution in [0.4, 0.5) is 5.69 Å². The first-order valence-electron chi connectivity index (χ1n) is 9.21. The molecule has 1 aromatic heterocycles. The second kappa shape index (κ2) is 8.89. The van der Waals surface area contributed by atoms with Crippen molar-refractivity contribution in [3.8, 4) is 0 Å². The van der Waals surface area contributed by atoms with Gasteiger partial charge in [-0.25, -0.2) is 0 Å². The molecule has 150 valence electrons. The molecule has 1 aliphatic rings. The molecular formula is C19H25ClN6OS. The predicted molar refractivity (Wildman–Crippen MR) is 116 cm³/mol. The van der Waals surface area contributed by atoms with E-state index in [0.717, 1.165) is 49.5 Å². The molecule has 28 heavy (non-hydrogen) atoms. The third-order valence-corrected chi connectivity index (χ3v) is 5.48. The number of amides is 1. The monoisotopic (exact) mass is 420 g/mol. The van der Waals surface area contributed by atoms with Gasteiger partial charge < -0.3 is 16.0 Å². The number of hydrogen-bond donors (Lipinski definition) is 2. The van der Waals surface area contributed by atoms with E-state index in [0.29, 0.717) is 17.3 Å². The number of benzene rings is 1. The van der Waals surface area contributed by atoms with Gasteiger partial charge in [0.2, 0.25) is 0 Å². The summed E-state index contributed by atoms with van der Waals surface area (Å²) in [6.07, 6.45) is 0.910. The van der Waals surface area contributed by atoms with Gasteiger partial charge in [-0.1, -0.05) is 17.7 Å². The molecule has 7 nitrogen and oxygen atoms in total. The molecule has 0 unspecified atom stereocenters. The van der Waals surface area contributed by atoms with E-state index in [4.69, 9.17) is 29.6 Å². The van der Waals surface area contributed by atoms with Gasteiger partial charge in [0, 0.05) is 56.6 Å². The fraction of sp³-hybridized carbons (Fsp3) is 0.421. The number of nitrogens with one attached hydrogen (secondary N) is 1. The van der Waals surface area contributed by atoms with Crippen molar-refractivity contribution in [3.63, 3.8) is 0 Å². The van der Waals surface area contributed by atoms with E-state index in [1.807, 2.05) is 37.1 Å². The molecule has 0 aliphatic carbocycles. The predicted octanol–water partition coefficient (Wildman–Crippen LogP) is 2.39. The second-order valence-electron chi connectivity index (χ2n) is 6.97. The smallest absolute Gasteiger partial charge is 0.253 e. The third kappa shape index (κ3) is 4.81. The van der Waals surface area contributed by atoms with Gasteiger partial charge in [0.25, 0.3) is 5.91 Å². The number of carbonyl (C=O) groups excluding carboxylic acids is 1. The van der Waals surface area contributed by atoms with Crippen molar-refractivity contribution in [2.45, 2.75) is 19.9 Å². The number of aryl methyl sites for hydroxylation is 2. The van der Waals surface area contributed by atoms with Crippen LogP contribution in [0.5, 0.6) is 0 Å². The van der Waals surface area contributed by atoms with Gasteiger partial charge in [0.1, 0.15) is 5.15 Å². The minimum Gasteiger partial charge on any atom is -0.376 e. The molecule has 1 aliphatic heterocycles. The number of carbonyl (C=O) groups is 1. The number of nitrogens with zero attached hydrogens (tertiary/aromatic N) is 4. The highest BCUT2D eigenvalue weighted by Gasteiger charge is 2.22. The van der Waals surface area contributed by atoms with E-state index >= 15 is 0 Å². The Bertz CT molecular complexity index is 883. The Morgan fingerprint density at radius 2 is 2.11 bits per heavy atom. The number of hydrogen-bond acceptors (Lipinski definition) is 4. The summed E-state index contributed by atoms with van der Waals surface area (Å²) in [5.74, 6) is 0.0176. The van der Waals surface area contributed by atoms with Crippen LogP contribution in [-0.2, 0) is 13.6 Å². The lowest BCUT2D eigenvalue weighted by atomic mass is 10.1. The van der Waals surface area contributed by atoms with Crippen molar-refractivity contribution in [1.82, 2.24) is 19.6 Å². The summed E-state index contributed by atoms with van der Waals surface area (Å²) in [5.41, 5.74) is 8.87. The van der Waals surface area contributed by atoms with E-state index in [9.17, 15) is 4.79 Å². The van der Waals surface area contributed by atoms with Crippen LogP contribution in [0.1, 0.15) is 28.0 Å². The van der Waals surface area contributed by atoms with Crippen LogP contribution in [0.15, 0.2) is 24.3 Å². The first kappa shape index (κ1) is 20.6. The Balaban J connectivity index is 1.65. The van der Waals surface area contributed by atoms with Crippen LogP contribution in [0.2, 0.25) is 5.15 Å². The molecule has 1 aromatic carbocycles. The minimum atomic E-state index is 0.0176. The third-order valence-electron chi connectivity index (χ3n) is 4.90. The van der Waals surface area contributed by atoms with Crippen LogP contribution in [0, 0.1) is 6.92 Å². The molecule has 0 saturated carbocycles. The van der Waals surface area contributed by atoms with Crippen LogP contribution < -0.4 is 11.1 Å². The van der Waals surface area contributed by atoms with Crippen LogP contribution in [-0.4, -0.2) is 56.8 Å². The molecule has 1 fully saturated rings. The molecule has 2 aromatic rings. The Morgan fingerprint density at radius 1 is 1.32 bits per heavy atom. The van der Waals surface area contributed by atoms with Gasteiger partial charge in [-0.2, -0.15) is 5.10 Å². The molecule has 0 spiro atoms. The summed E-state index contributed by atoms with van der Waals surface area (Å²) in [5, 5.41) is 8.11. The zero-order valence-electron chi connectivity index (χ0n) is 16.1. The number of aromatic nitrogens is 2. The summed E-state index contributed by atoms with van der Waals surface area (Å²) in [4.78, 5) is 17.2. The van der Waals surface area contributed by atoms with E-state index in [2.05, 4.69) is 15.3 Å². The average molecular weight is 421 g/mol. The molecular weight excluding hydrogens is 396 g/mol. The van der Waals surface area contributed by atoms with Crippen molar-refractivity contribution >= 4 is 40.5 Å². The van der Waals surface area contributed by atoms with Gasteiger partial charge >= 0.3 is 0 Å². The van der Waals surface area contributed by atoms with Crippen molar-refractivity contribution < 1.29 is 4.79 Å². The molecule has 3 rings (SSSR count). The molecule has 3 N–H and O–H groups in total. The zero-order chi connectivity index (χ0) is 20.3. The van der Waals surface area contributed by atoms with Gasteiger partial charge in [0.05, 0.1) is 5.69 Å². The quantitative estimate of drug-likeness (QED) is 0.739. The largest absolute Gasteiger partial charge is 0.376 e. The zero-order valence-corrected chi connectivity index (χ0v) is 17.7. The molecule has 2 heterocycles. The van der Waals surface area contributed by atoms with Gasteiger partial charge in [-0.3, -0.25) is 14.4 Å². The maximum atomic E-state index is 12.9. The molecule has 0 bridgehead atoms. The van der Waals surface area contributed by atoms with E-state index in [-0.39, 0.29) is 11.0 Å². The van der Waals surface area contributed by atoms with E-state index in [1.54, 1.807) is 10.7 Å². The molecule has 1 amide bonds. The summed E-state index contributed by atoms with van der Waals surface area (Å²) in [7, 11) is 1.85. The summed E-state index contributed by atoms with van der Waals surface area (Å²) in [6, 6.07) is 7.25. The standard InChI is InChI=1S/C19H25ClN6OS/c1-13-16(17(20)24(2)23-13)12-25-7-4-8-26(10-9-25)18(27)14-5-3-6-15(11-14)22-19(21)28/h3,5-6,11H,4,7-10,12H2,1-2H3,(H3,21,22,28). The molecule has 0 atom stereocenters. The maximum absolute atomic E-state index is 12.9. The van der Waals surface area contributed by atoms with Gasteiger partial charge in [0.15, 0.2) is 5.11 Å². The SMILES string of the molecule is Cc1nn(C)c(Cl)c1CN1CCCN(C(=O)c2cccc(NC(N)=S)c2)CC1. The van der Waals surface area contributed by atoms with Crippen molar-refractivity contribution in [3.05, 3.63) is 46.2 Å². The van der Waals surface area contributed by atoms with Crippen molar-refractivity contribution in [2.75, 3.05) is 31.5 Å². The normalized spacial score (nSPS) is 15.3. The van der Waals surface area contributed by atoms with Crippen LogP contribution in [0.3, 0.4) is 0 Å². The first-order chi connectivity index (χ1) is 13.3. The number of nitrogens with two attached hydrogens (primary N) is 1. The fourth-order valence-electron chi connectivity index (χ4n) is 3.46. The first-order valence-corrected chi connectivity index (χ1v) is 10.00. The number of rotatable bonds is 4. The van der Waals surface area contributed by atoms with Gasteiger partial charge in [-0.15, -0.1) is 0 Å². The lowest BCUT2D eigenvalue weighted by Gasteiger charge is -2.22. The minimum absolute atomic E-state index is 0.0176. The summed E-state index contributed by atoms with van der Waals surface area (Å²) < 4.78 is 1.70. The Hall–Kier alpha value is -2.16. The van der Waals surface area contributed by atoms with Crippen molar-refractivity contribution in [1.29, 1.82) is 0 Å².